The summed E-state index contributed by atoms with van der Waals surface area (Å²) < 4.78 is 14.7. The normalized spacial score (nSPS) is 25.2. The molecule has 1 fully saturated rings. The number of ketones is 1. The minimum Gasteiger partial charge on any atom is -0.365 e. The van der Waals surface area contributed by atoms with Crippen LogP contribution in [0.2, 0.25) is 0 Å². The molecule has 0 bridgehead atoms. The van der Waals surface area contributed by atoms with Gasteiger partial charge in [-0.2, -0.15) is 0 Å². The molecule has 0 saturated carbocycles. The van der Waals surface area contributed by atoms with Gasteiger partial charge in [0.15, 0.2) is 0 Å². The molecule has 2 rings (SSSR count). The molecule has 2 nitrogen and oxygen atoms in total. The third-order valence-electron chi connectivity index (χ3n) is 3.54. The Labute approximate surface area is 109 Å². The van der Waals surface area contributed by atoms with Gasteiger partial charge in [0.05, 0.1) is 5.69 Å². The van der Waals surface area contributed by atoms with Crippen molar-refractivity contribution in [3.8, 4) is 0 Å². The zero-order valence-corrected chi connectivity index (χ0v) is 11.5. The minimum atomic E-state index is -0.235. The molecule has 1 aliphatic heterocycles. The van der Waals surface area contributed by atoms with Gasteiger partial charge in [-0.3, -0.25) is 4.79 Å². The predicted octanol–water partition coefficient (Wildman–Crippen LogP) is 3.39. The first-order valence-corrected chi connectivity index (χ1v) is 6.54. The zero-order valence-electron chi connectivity index (χ0n) is 9.91. The van der Waals surface area contributed by atoms with Gasteiger partial charge in [0, 0.05) is 29.4 Å². The summed E-state index contributed by atoms with van der Waals surface area (Å²) in [6.45, 7) is 4.48. The van der Waals surface area contributed by atoms with Crippen LogP contribution in [-0.4, -0.2) is 18.4 Å². The maximum absolute atomic E-state index is 13.8. The van der Waals surface area contributed by atoms with Gasteiger partial charge >= 0.3 is 0 Å². The van der Waals surface area contributed by atoms with E-state index in [9.17, 15) is 9.18 Å². The molecule has 92 valence electrons. The van der Waals surface area contributed by atoms with Crippen molar-refractivity contribution in [3.63, 3.8) is 0 Å². The number of carbonyl (C=O) groups is 1. The largest absolute Gasteiger partial charge is 0.365 e. The van der Waals surface area contributed by atoms with Gasteiger partial charge in [-0.05, 0) is 25.1 Å². The molecule has 0 spiro atoms. The molecule has 2 unspecified atom stereocenters. The third-order valence-corrected chi connectivity index (χ3v) is 4.03. The molecule has 1 aromatic carbocycles. The number of rotatable bonds is 1. The number of hydrogen-bond acceptors (Lipinski definition) is 2. The number of anilines is 1. The molecule has 1 aliphatic rings. The van der Waals surface area contributed by atoms with Crippen molar-refractivity contribution in [2.75, 3.05) is 11.4 Å². The number of piperidine rings is 1. The maximum atomic E-state index is 13.8. The van der Waals surface area contributed by atoms with Gasteiger partial charge in [-0.25, -0.2) is 4.39 Å². The van der Waals surface area contributed by atoms with Crippen molar-refractivity contribution < 1.29 is 9.18 Å². The van der Waals surface area contributed by atoms with E-state index in [0.29, 0.717) is 18.7 Å². The summed E-state index contributed by atoms with van der Waals surface area (Å²) in [6, 6.07) is 4.95. The highest BCUT2D eigenvalue weighted by molar-refractivity contribution is 9.10. The lowest BCUT2D eigenvalue weighted by Crippen LogP contribution is -2.47. The lowest BCUT2D eigenvalue weighted by Gasteiger charge is -2.38. The predicted molar refractivity (Wildman–Crippen MR) is 69.7 cm³/mol. The topological polar surface area (TPSA) is 20.3 Å². The molecule has 1 saturated heterocycles. The van der Waals surface area contributed by atoms with Crippen LogP contribution in [-0.2, 0) is 4.79 Å². The van der Waals surface area contributed by atoms with E-state index >= 15 is 0 Å². The van der Waals surface area contributed by atoms with E-state index in [1.807, 2.05) is 18.7 Å². The number of carbonyl (C=O) groups excluding carboxylic acids is 1. The highest BCUT2D eigenvalue weighted by Crippen LogP contribution is 2.30. The first kappa shape index (κ1) is 12.6. The Kier molecular flexibility index (Phi) is 3.52. The van der Waals surface area contributed by atoms with E-state index in [1.165, 1.54) is 6.07 Å². The summed E-state index contributed by atoms with van der Waals surface area (Å²) in [7, 11) is 0. The van der Waals surface area contributed by atoms with Crippen molar-refractivity contribution >= 4 is 27.4 Å². The average Bonchev–Trinajstić information content (AvgIpc) is 2.30. The summed E-state index contributed by atoms with van der Waals surface area (Å²) in [5, 5.41) is 0. The van der Waals surface area contributed by atoms with Crippen LogP contribution in [0.25, 0.3) is 0 Å². The number of benzene rings is 1. The van der Waals surface area contributed by atoms with Crippen LogP contribution in [0.5, 0.6) is 0 Å². The molecule has 17 heavy (non-hydrogen) atoms. The van der Waals surface area contributed by atoms with E-state index in [2.05, 4.69) is 15.9 Å². The molecule has 0 radical (unpaired) electrons. The maximum Gasteiger partial charge on any atom is 0.146 e. The molecule has 1 aromatic rings. The van der Waals surface area contributed by atoms with Gasteiger partial charge < -0.3 is 4.90 Å². The fourth-order valence-corrected chi connectivity index (χ4v) is 2.60. The number of halogens is 2. The van der Waals surface area contributed by atoms with Crippen LogP contribution in [0.15, 0.2) is 22.7 Å². The van der Waals surface area contributed by atoms with Gasteiger partial charge in [0.25, 0.3) is 0 Å². The van der Waals surface area contributed by atoms with Crippen molar-refractivity contribution in [2.45, 2.75) is 26.3 Å². The summed E-state index contributed by atoms with van der Waals surface area (Å²) in [6.07, 6.45) is 0.497. The molecule has 1 heterocycles. The zero-order chi connectivity index (χ0) is 12.6. The van der Waals surface area contributed by atoms with E-state index in [-0.39, 0.29) is 23.6 Å². The Morgan fingerprint density at radius 2 is 2.12 bits per heavy atom. The standard InChI is InChI=1S/C13H15BrFNO/c1-8-9(2)16(6-5-13(8)17)12-7-10(14)3-4-11(12)15/h3-4,7-9H,5-6H2,1-2H3. The fraction of sp³-hybridized carbons (Fsp3) is 0.462. The van der Waals surface area contributed by atoms with E-state index in [4.69, 9.17) is 0 Å². The second-order valence-electron chi connectivity index (χ2n) is 4.53. The molecule has 2 atom stereocenters. The molecule has 0 amide bonds. The second kappa shape index (κ2) is 4.77. The Balaban J connectivity index is 2.33. The van der Waals surface area contributed by atoms with Gasteiger partial charge in [0.2, 0.25) is 0 Å². The Bertz CT molecular complexity index is 449. The number of hydrogen-bond donors (Lipinski definition) is 0. The fourth-order valence-electron chi connectivity index (χ4n) is 2.25. The lowest BCUT2D eigenvalue weighted by molar-refractivity contribution is -0.123. The van der Waals surface area contributed by atoms with Crippen molar-refractivity contribution in [3.05, 3.63) is 28.5 Å². The monoisotopic (exact) mass is 299 g/mol. The smallest absolute Gasteiger partial charge is 0.146 e. The van der Waals surface area contributed by atoms with E-state index in [1.54, 1.807) is 12.1 Å². The minimum absolute atomic E-state index is 0.0397. The first-order valence-electron chi connectivity index (χ1n) is 5.75. The molecular weight excluding hydrogens is 285 g/mol. The van der Waals surface area contributed by atoms with Crippen LogP contribution in [0.1, 0.15) is 20.3 Å². The Morgan fingerprint density at radius 3 is 2.82 bits per heavy atom. The third kappa shape index (κ3) is 2.37. The van der Waals surface area contributed by atoms with Gasteiger partial charge in [-0.1, -0.05) is 22.9 Å². The first-order chi connectivity index (χ1) is 8.00. The quantitative estimate of drug-likeness (QED) is 0.792. The van der Waals surface area contributed by atoms with Crippen LogP contribution < -0.4 is 4.90 Å². The SMILES string of the molecule is CC1C(=O)CCN(c2cc(Br)ccc2F)C1C. The summed E-state index contributed by atoms with van der Waals surface area (Å²) in [4.78, 5) is 13.6. The van der Waals surface area contributed by atoms with E-state index in [0.717, 1.165) is 4.47 Å². The average molecular weight is 300 g/mol. The molecule has 0 aromatic heterocycles. The van der Waals surface area contributed by atoms with Crippen LogP contribution in [0.4, 0.5) is 10.1 Å². The molecule has 0 aliphatic carbocycles. The van der Waals surface area contributed by atoms with Crippen molar-refractivity contribution in [1.29, 1.82) is 0 Å². The summed E-state index contributed by atoms with van der Waals surface area (Å²) in [5.41, 5.74) is 0.575. The van der Waals surface area contributed by atoms with Gasteiger partial charge in [0.1, 0.15) is 11.6 Å². The molecule has 4 heteroatoms. The number of Topliss-reactive ketones (excluding diaryl/α,β-unsaturated/α-hetero) is 1. The van der Waals surface area contributed by atoms with Crippen molar-refractivity contribution in [2.24, 2.45) is 5.92 Å². The van der Waals surface area contributed by atoms with Crippen LogP contribution in [0, 0.1) is 11.7 Å². The second-order valence-corrected chi connectivity index (χ2v) is 5.45. The Hall–Kier alpha value is -0.900. The highest BCUT2D eigenvalue weighted by Gasteiger charge is 2.31. The van der Waals surface area contributed by atoms with Crippen LogP contribution in [0.3, 0.4) is 0 Å². The van der Waals surface area contributed by atoms with E-state index < -0.39 is 0 Å². The number of nitrogens with zero attached hydrogens (tertiary/aromatic N) is 1. The molecular formula is C13H15BrFNO. The summed E-state index contributed by atoms with van der Waals surface area (Å²) in [5.74, 6) is -0.00659. The summed E-state index contributed by atoms with van der Waals surface area (Å²) >= 11 is 3.35. The van der Waals surface area contributed by atoms with Crippen LogP contribution >= 0.6 is 15.9 Å². The van der Waals surface area contributed by atoms with Gasteiger partial charge in [-0.15, -0.1) is 0 Å². The van der Waals surface area contributed by atoms with Crippen molar-refractivity contribution in [1.82, 2.24) is 0 Å². The molecule has 0 N–H and O–H groups in total. The Morgan fingerprint density at radius 1 is 1.41 bits per heavy atom. The lowest BCUT2D eigenvalue weighted by atomic mass is 9.90. The highest BCUT2D eigenvalue weighted by atomic mass is 79.9.